The highest BCUT2D eigenvalue weighted by atomic mass is 16.2. The second kappa shape index (κ2) is 17.7. The van der Waals surface area contributed by atoms with E-state index in [2.05, 4.69) is 27.7 Å². The monoisotopic (exact) mass is 671 g/mol. The first-order valence-corrected chi connectivity index (χ1v) is 19.9. The molecule has 4 saturated carbocycles. The fourth-order valence-electron chi connectivity index (χ4n) is 10.2. The maximum Gasteiger partial charge on any atom is 0.227 e. The minimum absolute atomic E-state index is 0.0364. The second-order valence-electron chi connectivity index (χ2n) is 16.8. The lowest BCUT2D eigenvalue weighted by Crippen LogP contribution is -2.53. The Morgan fingerprint density at radius 1 is 0.417 bits per heavy atom. The van der Waals surface area contributed by atoms with E-state index in [0.29, 0.717) is 23.7 Å². The van der Waals surface area contributed by atoms with E-state index in [1.165, 1.54) is 12.8 Å². The minimum Gasteiger partial charge on any atom is -0.342 e. The summed E-state index contributed by atoms with van der Waals surface area (Å²) >= 11 is 0. The smallest absolute Gasteiger partial charge is 0.227 e. The highest BCUT2D eigenvalue weighted by Gasteiger charge is 2.45. The van der Waals surface area contributed by atoms with Crippen LogP contribution in [0.25, 0.3) is 0 Å². The number of hydrogen-bond acceptors (Lipinski definition) is 4. The zero-order chi connectivity index (χ0) is 35.1. The summed E-state index contributed by atoms with van der Waals surface area (Å²) in [7, 11) is 7.54. The summed E-state index contributed by atoms with van der Waals surface area (Å²) in [6, 6.07) is 0.429. The molecule has 8 heteroatoms. The molecule has 274 valence electrons. The third-order valence-electron chi connectivity index (χ3n) is 13.6. The Bertz CT molecular complexity index is 1010. The Kier molecular flexibility index (Phi) is 14.3. The molecule has 4 fully saturated rings. The van der Waals surface area contributed by atoms with Crippen LogP contribution in [0.3, 0.4) is 0 Å². The maximum absolute atomic E-state index is 14.9. The largest absolute Gasteiger partial charge is 0.342 e. The fourth-order valence-corrected chi connectivity index (χ4v) is 10.2. The molecular weight excluding hydrogens is 600 g/mol. The van der Waals surface area contributed by atoms with E-state index in [4.69, 9.17) is 0 Å². The predicted octanol–water partition coefficient (Wildman–Crippen LogP) is 7.15. The first-order chi connectivity index (χ1) is 22.8. The van der Waals surface area contributed by atoms with Gasteiger partial charge in [0.2, 0.25) is 23.6 Å². The molecule has 4 amide bonds. The Morgan fingerprint density at radius 3 is 0.896 bits per heavy atom. The van der Waals surface area contributed by atoms with Crippen LogP contribution in [0.15, 0.2) is 0 Å². The molecule has 48 heavy (non-hydrogen) atoms. The van der Waals surface area contributed by atoms with Gasteiger partial charge in [0.1, 0.15) is 0 Å². The SMILES string of the molecule is CC1CCCCC1N(C)C(=O)CC(C(=O)N(C)C1CCCCC1C)C(CC(=O)N(C)C1CCCCC1C)C(=O)N(C)C1CCCCC1C. The van der Waals surface area contributed by atoms with Gasteiger partial charge in [-0.1, -0.05) is 79.1 Å². The maximum atomic E-state index is 14.9. The van der Waals surface area contributed by atoms with Gasteiger partial charge in [0.15, 0.2) is 0 Å². The average Bonchev–Trinajstić information content (AvgIpc) is 3.08. The second-order valence-corrected chi connectivity index (χ2v) is 16.8. The van der Waals surface area contributed by atoms with E-state index >= 15 is 0 Å². The molecule has 0 aromatic carbocycles. The minimum atomic E-state index is -0.882. The van der Waals surface area contributed by atoms with Crippen LogP contribution >= 0.6 is 0 Å². The molecule has 8 nitrogen and oxygen atoms in total. The lowest BCUT2D eigenvalue weighted by Gasteiger charge is -2.43. The third kappa shape index (κ3) is 9.15. The van der Waals surface area contributed by atoms with Gasteiger partial charge in [0.05, 0.1) is 11.8 Å². The topological polar surface area (TPSA) is 81.2 Å². The van der Waals surface area contributed by atoms with E-state index < -0.39 is 11.8 Å². The first-order valence-electron chi connectivity index (χ1n) is 19.9. The Hall–Kier alpha value is -2.12. The summed E-state index contributed by atoms with van der Waals surface area (Å²) in [5.41, 5.74) is 0. The van der Waals surface area contributed by atoms with Gasteiger partial charge in [0.25, 0.3) is 0 Å². The highest BCUT2D eigenvalue weighted by Crippen LogP contribution is 2.36. The third-order valence-corrected chi connectivity index (χ3v) is 13.6. The molecule has 0 spiro atoms. The Labute approximate surface area is 293 Å². The normalized spacial score (nSPS) is 32.4. The zero-order valence-corrected chi connectivity index (χ0v) is 31.9. The van der Waals surface area contributed by atoms with Crippen molar-refractivity contribution in [3.05, 3.63) is 0 Å². The summed E-state index contributed by atoms with van der Waals surface area (Å²) in [5, 5.41) is 0. The van der Waals surface area contributed by atoms with E-state index in [9.17, 15) is 19.2 Å². The van der Waals surface area contributed by atoms with Crippen molar-refractivity contribution in [3.63, 3.8) is 0 Å². The quantitative estimate of drug-likeness (QED) is 0.234. The molecule has 4 rings (SSSR count). The lowest BCUT2D eigenvalue weighted by atomic mass is 9.79. The summed E-state index contributed by atoms with van der Waals surface area (Å²) in [5.74, 6) is -0.690. The average molecular weight is 671 g/mol. The molecule has 0 aliphatic heterocycles. The van der Waals surface area contributed by atoms with Crippen LogP contribution in [0.1, 0.15) is 143 Å². The summed E-state index contributed by atoms with van der Waals surface area (Å²) in [4.78, 5) is 65.7. The summed E-state index contributed by atoms with van der Waals surface area (Å²) in [6.45, 7) is 8.89. The van der Waals surface area contributed by atoms with Crippen LogP contribution in [0.2, 0.25) is 0 Å². The van der Waals surface area contributed by atoms with Crippen LogP contribution in [0, 0.1) is 35.5 Å². The van der Waals surface area contributed by atoms with Gasteiger partial charge < -0.3 is 19.6 Å². The van der Waals surface area contributed by atoms with Crippen molar-refractivity contribution in [1.82, 2.24) is 19.6 Å². The summed E-state index contributed by atoms with van der Waals surface area (Å²) < 4.78 is 0. The van der Waals surface area contributed by atoms with Crippen molar-refractivity contribution in [3.8, 4) is 0 Å². The molecule has 10 unspecified atom stereocenters. The molecule has 10 atom stereocenters. The number of amides is 4. The summed E-state index contributed by atoms with van der Waals surface area (Å²) in [6.07, 6.45) is 17.1. The van der Waals surface area contributed by atoms with Crippen molar-refractivity contribution in [2.75, 3.05) is 28.2 Å². The van der Waals surface area contributed by atoms with Crippen LogP contribution in [-0.4, -0.2) is 95.6 Å². The van der Waals surface area contributed by atoms with Gasteiger partial charge in [-0.25, -0.2) is 0 Å². The van der Waals surface area contributed by atoms with Crippen molar-refractivity contribution in [2.24, 2.45) is 35.5 Å². The van der Waals surface area contributed by atoms with Gasteiger partial charge in [-0.05, 0) is 75.0 Å². The van der Waals surface area contributed by atoms with E-state index in [1.54, 1.807) is 0 Å². The van der Waals surface area contributed by atoms with Crippen molar-refractivity contribution < 1.29 is 19.2 Å². The molecule has 0 aromatic rings. The van der Waals surface area contributed by atoms with Crippen LogP contribution in [0.5, 0.6) is 0 Å². The van der Waals surface area contributed by atoms with Gasteiger partial charge in [-0.3, -0.25) is 19.2 Å². The number of rotatable bonds is 11. The van der Waals surface area contributed by atoms with Gasteiger partial charge >= 0.3 is 0 Å². The van der Waals surface area contributed by atoms with E-state index in [0.717, 1.165) is 89.9 Å². The van der Waals surface area contributed by atoms with Crippen LogP contribution < -0.4 is 0 Å². The van der Waals surface area contributed by atoms with Crippen molar-refractivity contribution in [2.45, 2.75) is 167 Å². The van der Waals surface area contributed by atoms with Crippen molar-refractivity contribution >= 4 is 23.6 Å². The predicted molar refractivity (Wildman–Crippen MR) is 193 cm³/mol. The fraction of sp³-hybridized carbons (Fsp3) is 0.900. The Balaban J connectivity index is 1.70. The number of carbonyl (C=O) groups is 4. The van der Waals surface area contributed by atoms with Crippen LogP contribution in [-0.2, 0) is 19.2 Å². The van der Waals surface area contributed by atoms with Gasteiger partial charge in [-0.15, -0.1) is 0 Å². The van der Waals surface area contributed by atoms with Crippen LogP contribution in [0.4, 0.5) is 0 Å². The molecule has 0 aromatic heterocycles. The number of hydrogen-bond donors (Lipinski definition) is 0. The molecule has 0 heterocycles. The van der Waals surface area contributed by atoms with Gasteiger partial charge in [0, 0.05) is 65.2 Å². The molecule has 0 saturated heterocycles. The van der Waals surface area contributed by atoms with E-state index in [-0.39, 0.29) is 60.6 Å². The number of nitrogens with zero attached hydrogens (tertiary/aromatic N) is 4. The molecule has 4 aliphatic carbocycles. The van der Waals surface area contributed by atoms with E-state index in [1.807, 2.05) is 47.8 Å². The molecule has 0 radical (unpaired) electrons. The molecule has 0 bridgehead atoms. The lowest BCUT2D eigenvalue weighted by molar-refractivity contribution is -0.155. The molecule has 4 aliphatic rings. The zero-order valence-electron chi connectivity index (χ0n) is 31.9. The number of carbonyl (C=O) groups excluding carboxylic acids is 4. The molecular formula is C40H70N4O4. The highest BCUT2D eigenvalue weighted by molar-refractivity contribution is 5.94. The van der Waals surface area contributed by atoms with Gasteiger partial charge in [-0.2, -0.15) is 0 Å². The standard InChI is InChI=1S/C40H70N4O4/c1-27-17-9-13-21-33(27)41(5)37(45)25-31(39(47)43(7)35-23-15-11-19-29(35)3)32(40(48)44(8)36-24-16-12-20-30(36)4)26-38(46)42(6)34-22-14-10-18-28(34)2/h27-36H,9-26H2,1-8H3. The molecule has 0 N–H and O–H groups in total. The Morgan fingerprint density at radius 2 is 0.646 bits per heavy atom. The van der Waals surface area contributed by atoms with Crippen molar-refractivity contribution in [1.29, 1.82) is 0 Å². The first kappa shape index (κ1) is 38.7.